The first-order chi connectivity index (χ1) is 32.6. The Labute approximate surface area is 402 Å². The van der Waals surface area contributed by atoms with E-state index >= 15 is 0 Å². The highest BCUT2D eigenvalue weighted by Gasteiger charge is 2.40. The van der Waals surface area contributed by atoms with Gasteiger partial charge in [0.25, 0.3) is 0 Å². The number of carboxylic acid groups (broad SMARTS) is 1. The number of hydrogen-bond acceptors (Lipinski definition) is 14. The second-order valence-corrected chi connectivity index (χ2v) is 16.7. The fraction of sp³-hybridized carbons (Fsp3) is 0.571. The van der Waals surface area contributed by atoms with Crippen LogP contribution in [0.25, 0.3) is 0 Å². The molecular weight excluding hydrogens is 927 g/mol. The van der Waals surface area contributed by atoms with Crippen molar-refractivity contribution in [1.82, 2.24) is 52.8 Å². The first-order valence-electron chi connectivity index (χ1n) is 22.2. The summed E-state index contributed by atoms with van der Waals surface area (Å²) in [7, 11) is 0. The van der Waals surface area contributed by atoms with Crippen LogP contribution in [0.1, 0.15) is 64.9 Å². The molecule has 0 aromatic heterocycles. The molecule has 2 aliphatic rings. The molecule has 26 nitrogen and oxygen atoms in total. The minimum Gasteiger partial charge on any atom is -0.481 e. The Morgan fingerprint density at radius 3 is 1.97 bits per heavy atom. The summed E-state index contributed by atoms with van der Waals surface area (Å²) < 4.78 is 0. The van der Waals surface area contributed by atoms with E-state index in [9.17, 15) is 63.0 Å². The van der Waals surface area contributed by atoms with Gasteiger partial charge in [0.15, 0.2) is 5.96 Å². The van der Waals surface area contributed by atoms with Crippen LogP contribution >= 0.6 is 12.6 Å². The van der Waals surface area contributed by atoms with E-state index < -0.39 is 139 Å². The number of aliphatic imine (C=N–C) groups is 1. The third-order valence-electron chi connectivity index (χ3n) is 10.9. The number of nitrogens with one attached hydrogen (secondary N) is 9. The molecule has 2 fully saturated rings. The number of hydrogen-bond donors (Lipinski definition) is 14. The van der Waals surface area contributed by atoms with Crippen molar-refractivity contribution >= 4 is 83.6 Å². The summed E-state index contributed by atoms with van der Waals surface area (Å²) in [6.45, 7) is 2.77. The van der Waals surface area contributed by atoms with E-state index in [2.05, 4.69) is 65.5 Å². The molecule has 15 N–H and O–H groups in total. The predicted octanol–water partition coefficient (Wildman–Crippen LogP) is -5.87. The zero-order valence-corrected chi connectivity index (χ0v) is 39.3. The van der Waals surface area contributed by atoms with E-state index in [0.717, 1.165) is 4.90 Å². The predicted molar refractivity (Wildman–Crippen MR) is 248 cm³/mol. The van der Waals surface area contributed by atoms with Crippen LogP contribution in [0.2, 0.25) is 0 Å². The van der Waals surface area contributed by atoms with Crippen LogP contribution in [-0.2, 0) is 59.2 Å². The molecule has 0 aliphatic carbocycles. The van der Waals surface area contributed by atoms with Crippen molar-refractivity contribution < 1.29 is 63.0 Å². The summed E-state index contributed by atoms with van der Waals surface area (Å²) >= 11 is 4.18. The molecule has 0 spiro atoms. The van der Waals surface area contributed by atoms with Gasteiger partial charge in [-0.2, -0.15) is 12.6 Å². The number of carboxylic acids is 1. The molecule has 27 heteroatoms. The van der Waals surface area contributed by atoms with E-state index in [0.29, 0.717) is 5.56 Å². The van der Waals surface area contributed by atoms with Crippen LogP contribution in [0.15, 0.2) is 35.3 Å². The van der Waals surface area contributed by atoms with Gasteiger partial charge in [0, 0.05) is 25.3 Å². The second-order valence-electron chi connectivity index (χ2n) is 16.3. The maximum atomic E-state index is 14.2. The number of carbonyl (C=O) groups excluding carboxylic acids is 10. The molecule has 2 saturated heterocycles. The normalized spacial score (nSPS) is 26.2. The molecule has 0 bridgehead atoms. The molecule has 0 unspecified atom stereocenters. The average Bonchev–Trinajstić information content (AvgIpc) is 3.80. The number of nitrogens with two attached hydrogens (primary N) is 2. The summed E-state index contributed by atoms with van der Waals surface area (Å²) in [6.07, 6.45) is -2.30. The molecule has 9 atom stereocenters. The Hall–Kier alpha value is -7.03. The molecular formula is C42H63N13O13S. The van der Waals surface area contributed by atoms with Crippen LogP contribution in [0.5, 0.6) is 0 Å². The van der Waals surface area contributed by atoms with Gasteiger partial charge in [-0.3, -0.25) is 57.7 Å². The van der Waals surface area contributed by atoms with Gasteiger partial charge >= 0.3 is 5.97 Å². The van der Waals surface area contributed by atoms with Crippen LogP contribution in [0.4, 0.5) is 0 Å². The van der Waals surface area contributed by atoms with Gasteiger partial charge in [0.1, 0.15) is 48.3 Å². The third-order valence-corrected chi connectivity index (χ3v) is 11.3. The zero-order chi connectivity index (χ0) is 51.4. The van der Waals surface area contributed by atoms with E-state index in [1.165, 1.54) is 20.8 Å². The van der Waals surface area contributed by atoms with Gasteiger partial charge < -0.3 is 74.4 Å². The van der Waals surface area contributed by atoms with Gasteiger partial charge in [-0.15, -0.1) is 0 Å². The Bertz CT molecular complexity index is 2070. The molecule has 69 heavy (non-hydrogen) atoms. The fourth-order valence-electron chi connectivity index (χ4n) is 7.17. The number of amides is 10. The number of carbonyl (C=O) groups is 11. The Morgan fingerprint density at radius 1 is 0.754 bits per heavy atom. The lowest BCUT2D eigenvalue weighted by Gasteiger charge is -2.30. The van der Waals surface area contributed by atoms with E-state index in [-0.39, 0.29) is 63.3 Å². The lowest BCUT2D eigenvalue weighted by molar-refractivity contribution is -0.144. The number of fused-ring (bicyclic) bond motifs is 1. The summed E-state index contributed by atoms with van der Waals surface area (Å²) in [4.78, 5) is 152. The van der Waals surface area contributed by atoms with Gasteiger partial charge in [-0.05, 0) is 51.5 Å². The molecule has 380 valence electrons. The van der Waals surface area contributed by atoms with E-state index in [1.54, 1.807) is 30.3 Å². The van der Waals surface area contributed by atoms with Crippen molar-refractivity contribution in [1.29, 1.82) is 0 Å². The Morgan fingerprint density at radius 2 is 1.35 bits per heavy atom. The van der Waals surface area contributed by atoms with Crippen molar-refractivity contribution in [3.8, 4) is 0 Å². The van der Waals surface area contributed by atoms with E-state index in [4.69, 9.17) is 11.5 Å². The highest BCUT2D eigenvalue weighted by Crippen LogP contribution is 2.21. The Kier molecular flexibility index (Phi) is 22.6. The van der Waals surface area contributed by atoms with Gasteiger partial charge in [-0.1, -0.05) is 37.3 Å². The van der Waals surface area contributed by atoms with Crippen LogP contribution in [-0.4, -0.2) is 172 Å². The topological polar surface area (TPSA) is 404 Å². The van der Waals surface area contributed by atoms with Crippen molar-refractivity contribution in [2.45, 2.75) is 120 Å². The van der Waals surface area contributed by atoms with Crippen LogP contribution < -0.4 is 59.3 Å². The Balaban J connectivity index is 2.03. The lowest BCUT2D eigenvalue weighted by Crippen LogP contribution is -2.62. The number of rotatable bonds is 11. The summed E-state index contributed by atoms with van der Waals surface area (Å²) in [5.41, 5.74) is 11.4. The number of nitrogens with zero attached hydrogens (tertiary/aromatic N) is 2. The monoisotopic (exact) mass is 989 g/mol. The summed E-state index contributed by atoms with van der Waals surface area (Å²) in [6, 6.07) is -3.43. The third kappa shape index (κ3) is 18.2. The number of guanidine groups is 1. The number of aliphatic hydroxyl groups is 1. The molecule has 2 heterocycles. The smallest absolute Gasteiger partial charge is 0.305 e. The molecule has 10 amide bonds. The highest BCUT2D eigenvalue weighted by molar-refractivity contribution is 7.80. The first kappa shape index (κ1) is 56.3. The first-order valence-corrected chi connectivity index (χ1v) is 22.8. The molecule has 0 radical (unpaired) electrons. The lowest BCUT2D eigenvalue weighted by atomic mass is 10.0. The molecule has 1 aromatic carbocycles. The molecule has 3 rings (SSSR count). The fourth-order valence-corrected chi connectivity index (χ4v) is 7.43. The van der Waals surface area contributed by atoms with Gasteiger partial charge in [0.05, 0.1) is 25.6 Å². The highest BCUT2D eigenvalue weighted by atomic mass is 32.1. The van der Waals surface area contributed by atoms with E-state index in [1.807, 2.05) is 0 Å². The van der Waals surface area contributed by atoms with Crippen molar-refractivity contribution in [3.05, 3.63) is 35.9 Å². The van der Waals surface area contributed by atoms with Crippen LogP contribution in [0, 0.1) is 0 Å². The maximum absolute atomic E-state index is 14.2. The largest absolute Gasteiger partial charge is 0.481 e. The molecule has 2 aliphatic heterocycles. The van der Waals surface area contributed by atoms with Crippen molar-refractivity contribution in [2.24, 2.45) is 16.5 Å². The molecule has 0 saturated carbocycles. The van der Waals surface area contributed by atoms with Gasteiger partial charge in [-0.25, -0.2) is 0 Å². The summed E-state index contributed by atoms with van der Waals surface area (Å²) in [5.74, 6) is -11.2. The number of benzene rings is 1. The number of aliphatic hydroxyl groups excluding tert-OH is 1. The average molecular weight is 990 g/mol. The minimum atomic E-state index is -1.81. The SMILES string of the molecule is CC[C@@H]1NC(=O)[C@H]([C@@H](C)O)NC(=O)[C@H](CS)NC(=O)[C@H](Cc2ccccc2)NC(=O)[C@H](CC(=O)O)NC(=O)[C@@H]2CCCN2C(=O)[C@H](CCCN=C(N)N)NC(=O)[C@H](C)NC(=O)CNC(=O)CNC1=O. The van der Waals surface area contributed by atoms with Crippen molar-refractivity contribution in [3.63, 3.8) is 0 Å². The molecule has 1 aromatic rings. The van der Waals surface area contributed by atoms with Crippen LogP contribution in [0.3, 0.4) is 0 Å². The number of aliphatic carboxylic acids is 1. The quantitative estimate of drug-likeness (QED) is 0.0425. The second kappa shape index (κ2) is 27.7. The van der Waals surface area contributed by atoms with Gasteiger partial charge in [0.2, 0.25) is 59.1 Å². The van der Waals surface area contributed by atoms with Crippen molar-refractivity contribution in [2.75, 3.05) is 31.9 Å². The number of thiol groups is 1. The maximum Gasteiger partial charge on any atom is 0.305 e. The zero-order valence-electron chi connectivity index (χ0n) is 38.4. The standard InChI is InChI=1S/C42H63N13O13S/c1-4-24-35(62)47-18-30(57)46-19-31(58)48-21(2)34(61)50-25(12-8-14-45-42(43)44)41(68)55-15-9-13-29(55)39(66)52-27(17-32(59)60)37(64)51-26(16-23-10-6-5-7-11-23)36(63)53-28(20-69)38(65)54-33(22(3)56)40(67)49-24/h5-7,10-11,21-22,24-29,33,56,69H,4,8-9,12-20H2,1-3H3,(H,46,57)(H,47,62)(H,48,58)(H,49,67)(H,50,61)(H,51,64)(H,52,66)(H,53,63)(H,54,65)(H,59,60)(H4,43,44,45)/t21-,22+,24-,25-,26-,27-,28-,29-,33-/m0/s1. The summed E-state index contributed by atoms with van der Waals surface area (Å²) in [5, 5.41) is 41.9. The minimum absolute atomic E-state index is 0.0143.